The van der Waals surface area contributed by atoms with E-state index < -0.39 is 0 Å². The number of benzene rings is 1. The molecule has 0 aliphatic carbocycles. The Morgan fingerprint density at radius 1 is 1.17 bits per heavy atom. The fraction of sp³-hybridized carbons (Fsp3) is 0.435. The first-order chi connectivity index (χ1) is 14.2. The molecule has 0 radical (unpaired) electrons. The smallest absolute Gasteiger partial charge is 0.266 e. The van der Waals surface area contributed by atoms with Crippen LogP contribution in [0.5, 0.6) is 0 Å². The zero-order chi connectivity index (χ0) is 20.2. The van der Waals surface area contributed by atoms with Crippen LogP contribution < -0.4 is 4.90 Å². The summed E-state index contributed by atoms with van der Waals surface area (Å²) in [7, 11) is 0. The number of rotatable bonds is 6. The maximum absolute atomic E-state index is 13.0. The lowest BCUT2D eigenvalue weighted by Gasteiger charge is -2.29. The van der Waals surface area contributed by atoms with Gasteiger partial charge in [0.2, 0.25) is 0 Å². The van der Waals surface area contributed by atoms with Crippen LogP contribution in [-0.4, -0.2) is 39.7 Å². The first kappa shape index (κ1) is 20.4. The van der Waals surface area contributed by atoms with E-state index in [1.807, 2.05) is 18.2 Å². The maximum Gasteiger partial charge on any atom is 0.266 e. The lowest BCUT2D eigenvalue weighted by Crippen LogP contribution is -2.31. The van der Waals surface area contributed by atoms with Gasteiger partial charge in [0.1, 0.15) is 10.1 Å². The molecule has 0 atom stereocenters. The molecule has 29 heavy (non-hydrogen) atoms. The van der Waals surface area contributed by atoms with Crippen LogP contribution in [0.2, 0.25) is 0 Å². The third-order valence-electron chi connectivity index (χ3n) is 5.53. The first-order valence-electron chi connectivity index (χ1n) is 10.6. The number of piperidine rings is 1. The van der Waals surface area contributed by atoms with E-state index in [1.165, 1.54) is 31.0 Å². The van der Waals surface area contributed by atoms with Crippen molar-refractivity contribution in [2.45, 2.75) is 45.4 Å². The highest BCUT2D eigenvalue weighted by molar-refractivity contribution is 8.26. The number of thiocarbonyl (C=S) groups is 1. The Kier molecular flexibility index (Phi) is 6.50. The average Bonchev–Trinajstić information content (AvgIpc) is 3.01. The second-order valence-corrected chi connectivity index (χ2v) is 9.36. The van der Waals surface area contributed by atoms with Crippen molar-refractivity contribution in [2.75, 3.05) is 24.5 Å². The molecule has 1 aromatic carbocycles. The number of carbonyl (C=O) groups is 1. The number of hydrogen-bond acceptors (Lipinski definition) is 5. The lowest BCUT2D eigenvalue weighted by molar-refractivity contribution is -0.122. The Morgan fingerprint density at radius 3 is 2.76 bits per heavy atom. The predicted octanol–water partition coefficient (Wildman–Crippen LogP) is 5.62. The first-order valence-corrected chi connectivity index (χ1v) is 11.8. The van der Waals surface area contributed by atoms with Gasteiger partial charge < -0.3 is 4.90 Å². The molecule has 2 aromatic rings. The van der Waals surface area contributed by atoms with E-state index in [1.54, 1.807) is 4.90 Å². The number of thioether (sulfide) groups is 1. The standard InChI is InChI=1S/C23H27N3OS2/c1-2-3-7-14-26-22(27)20(29-23(26)28)16-18-15-17-10-5-6-11-19(17)24-21(18)25-12-8-4-9-13-25/h5-6,10-11,15-16H,2-4,7-9,12-14H2,1H3/b20-16-. The predicted molar refractivity (Wildman–Crippen MR) is 127 cm³/mol. The Hall–Kier alpha value is -1.92. The van der Waals surface area contributed by atoms with Gasteiger partial charge in [-0.25, -0.2) is 4.98 Å². The summed E-state index contributed by atoms with van der Waals surface area (Å²) in [5.41, 5.74) is 2.01. The van der Waals surface area contributed by atoms with Crippen molar-refractivity contribution in [3.05, 3.63) is 40.8 Å². The van der Waals surface area contributed by atoms with E-state index in [9.17, 15) is 4.79 Å². The molecule has 0 unspecified atom stereocenters. The Labute approximate surface area is 182 Å². The minimum absolute atomic E-state index is 0.0360. The van der Waals surface area contributed by atoms with Crippen LogP contribution in [0.25, 0.3) is 17.0 Å². The van der Waals surface area contributed by atoms with Crippen LogP contribution in [0.15, 0.2) is 35.2 Å². The zero-order valence-electron chi connectivity index (χ0n) is 16.9. The molecular formula is C23H27N3OS2. The molecule has 2 saturated heterocycles. The Bertz CT molecular complexity index is 950. The number of fused-ring (bicyclic) bond motifs is 1. The highest BCUT2D eigenvalue weighted by atomic mass is 32.2. The van der Waals surface area contributed by atoms with Crippen molar-refractivity contribution in [2.24, 2.45) is 0 Å². The van der Waals surface area contributed by atoms with Crippen molar-refractivity contribution < 1.29 is 4.79 Å². The van der Waals surface area contributed by atoms with Gasteiger partial charge >= 0.3 is 0 Å². The second kappa shape index (κ2) is 9.26. The summed E-state index contributed by atoms with van der Waals surface area (Å²) in [4.78, 5) is 22.8. The molecule has 4 rings (SSSR count). The SMILES string of the molecule is CCCCCN1C(=O)/C(=C/c2cc3ccccc3nc2N2CCCCC2)SC1=S. The van der Waals surface area contributed by atoms with E-state index in [-0.39, 0.29) is 5.91 Å². The Balaban J connectivity index is 1.69. The molecule has 6 heteroatoms. The van der Waals surface area contributed by atoms with Crippen molar-refractivity contribution in [1.29, 1.82) is 0 Å². The summed E-state index contributed by atoms with van der Waals surface area (Å²) in [5.74, 6) is 1.02. The lowest BCUT2D eigenvalue weighted by atomic mass is 10.1. The number of unbranched alkanes of at least 4 members (excludes halogenated alkanes) is 2. The van der Waals surface area contributed by atoms with Crippen molar-refractivity contribution in [3.8, 4) is 0 Å². The third kappa shape index (κ3) is 4.48. The number of nitrogens with zero attached hydrogens (tertiary/aromatic N) is 3. The van der Waals surface area contributed by atoms with Gasteiger partial charge in [-0.05, 0) is 43.9 Å². The second-order valence-electron chi connectivity index (χ2n) is 7.68. The summed E-state index contributed by atoms with van der Waals surface area (Å²) < 4.78 is 0.672. The molecule has 1 amide bonds. The Morgan fingerprint density at radius 2 is 1.97 bits per heavy atom. The summed E-state index contributed by atoms with van der Waals surface area (Å²) in [6.07, 6.45) is 8.89. The van der Waals surface area contributed by atoms with Gasteiger partial charge in [0.15, 0.2) is 0 Å². The molecule has 2 aliphatic rings. The van der Waals surface area contributed by atoms with Crippen molar-refractivity contribution in [1.82, 2.24) is 9.88 Å². The molecule has 2 fully saturated rings. The van der Waals surface area contributed by atoms with E-state index in [0.717, 1.165) is 54.6 Å². The number of amides is 1. The summed E-state index contributed by atoms with van der Waals surface area (Å²) in [6.45, 7) is 4.91. The molecule has 0 spiro atoms. The number of anilines is 1. The molecular weight excluding hydrogens is 398 g/mol. The molecule has 4 nitrogen and oxygen atoms in total. The molecule has 0 bridgehead atoms. The van der Waals surface area contributed by atoms with Crippen LogP contribution in [-0.2, 0) is 4.79 Å². The highest BCUT2D eigenvalue weighted by Crippen LogP contribution is 2.35. The summed E-state index contributed by atoms with van der Waals surface area (Å²) in [5, 5.41) is 1.10. The molecule has 3 heterocycles. The van der Waals surface area contributed by atoms with Gasteiger partial charge in [0, 0.05) is 30.6 Å². The summed E-state index contributed by atoms with van der Waals surface area (Å²) in [6, 6.07) is 10.4. The van der Waals surface area contributed by atoms with Gasteiger partial charge in [-0.1, -0.05) is 61.9 Å². The van der Waals surface area contributed by atoms with E-state index in [2.05, 4.69) is 30.0 Å². The largest absolute Gasteiger partial charge is 0.356 e. The zero-order valence-corrected chi connectivity index (χ0v) is 18.5. The fourth-order valence-corrected chi connectivity index (χ4v) is 5.24. The number of hydrogen-bond donors (Lipinski definition) is 0. The van der Waals surface area contributed by atoms with Gasteiger partial charge in [-0.15, -0.1) is 0 Å². The number of carbonyl (C=O) groups excluding carboxylic acids is 1. The van der Waals surface area contributed by atoms with Gasteiger partial charge in [0.05, 0.1) is 10.4 Å². The van der Waals surface area contributed by atoms with E-state index in [4.69, 9.17) is 17.2 Å². The van der Waals surface area contributed by atoms with Crippen molar-refractivity contribution >= 4 is 57.0 Å². The van der Waals surface area contributed by atoms with Gasteiger partial charge in [-0.3, -0.25) is 9.69 Å². The average molecular weight is 426 g/mol. The fourth-order valence-electron chi connectivity index (χ4n) is 3.94. The van der Waals surface area contributed by atoms with Crippen LogP contribution in [0.4, 0.5) is 5.82 Å². The molecule has 2 aliphatic heterocycles. The van der Waals surface area contributed by atoms with Gasteiger partial charge in [-0.2, -0.15) is 0 Å². The minimum Gasteiger partial charge on any atom is -0.356 e. The van der Waals surface area contributed by atoms with Crippen LogP contribution in [0.3, 0.4) is 0 Å². The quantitative estimate of drug-likeness (QED) is 0.341. The molecule has 0 N–H and O–H groups in total. The van der Waals surface area contributed by atoms with Crippen LogP contribution >= 0.6 is 24.0 Å². The van der Waals surface area contributed by atoms with Crippen LogP contribution in [0, 0.1) is 0 Å². The van der Waals surface area contributed by atoms with Crippen LogP contribution in [0.1, 0.15) is 51.0 Å². The monoisotopic (exact) mass is 425 g/mol. The number of pyridine rings is 1. The highest BCUT2D eigenvalue weighted by Gasteiger charge is 2.32. The molecule has 152 valence electrons. The normalized spacial score (nSPS) is 19.0. The van der Waals surface area contributed by atoms with E-state index >= 15 is 0 Å². The molecule has 0 saturated carbocycles. The maximum atomic E-state index is 13.0. The topological polar surface area (TPSA) is 36.4 Å². The molecule has 1 aromatic heterocycles. The third-order valence-corrected chi connectivity index (χ3v) is 6.91. The number of para-hydroxylation sites is 1. The van der Waals surface area contributed by atoms with E-state index in [0.29, 0.717) is 15.8 Å². The minimum atomic E-state index is 0.0360. The van der Waals surface area contributed by atoms with Crippen molar-refractivity contribution in [3.63, 3.8) is 0 Å². The van der Waals surface area contributed by atoms with Gasteiger partial charge in [0.25, 0.3) is 5.91 Å². The summed E-state index contributed by atoms with van der Waals surface area (Å²) >= 11 is 6.91. The number of aromatic nitrogens is 1.